The average molecular weight is 591 g/mol. The normalized spacial score (nSPS) is 13.4. The first-order chi connectivity index (χ1) is 14.6. The molecule has 2 aliphatic rings. The molecule has 7 heteroatoms. The Labute approximate surface area is 195 Å². The summed E-state index contributed by atoms with van der Waals surface area (Å²) >= 11 is -0.776. The van der Waals surface area contributed by atoms with Crippen LogP contribution >= 0.6 is 0 Å². The second-order valence-corrected chi connectivity index (χ2v) is 11.7. The van der Waals surface area contributed by atoms with E-state index in [9.17, 15) is 19.8 Å². The van der Waals surface area contributed by atoms with E-state index in [1.54, 1.807) is 11.1 Å². The Morgan fingerprint density at radius 1 is 0.871 bits per heavy atom. The van der Waals surface area contributed by atoms with Gasteiger partial charge in [0.2, 0.25) is 0 Å². The molecule has 6 nitrogen and oxygen atoms in total. The number of hydrogen-bond acceptors (Lipinski definition) is 6. The van der Waals surface area contributed by atoms with Crippen molar-refractivity contribution in [3.63, 3.8) is 0 Å². The fourth-order valence-corrected chi connectivity index (χ4v) is 8.07. The van der Waals surface area contributed by atoms with Gasteiger partial charge in [-0.05, 0) is 0 Å². The van der Waals surface area contributed by atoms with Gasteiger partial charge >= 0.3 is 129 Å². The molecule has 0 fully saturated rings. The quantitative estimate of drug-likeness (QED) is 0.175. The van der Waals surface area contributed by atoms with Crippen LogP contribution < -0.4 is 10.2 Å². The number of allylic oxidation sites excluding steroid dienone is 10. The zero-order chi connectivity index (χ0) is 23.8. The van der Waals surface area contributed by atoms with Crippen LogP contribution in [0.5, 0.6) is 0 Å². The third-order valence-electron chi connectivity index (χ3n) is 4.07. The molecule has 164 valence electrons. The standard InChI is InChI=1S/2C9H11.2C3H4O3.Hf/c2*1-2-3-6-9-7-4-5-8-9;2*1-2(4)3(5)6;/h2*2,4,7H,1,3,5-6H2;2*4H,1H2,(H,5,6);/q;;;;+2/p-2. The minimum absolute atomic E-state index is 0.776. The zero-order valence-electron chi connectivity index (χ0n) is 17.6. The summed E-state index contributed by atoms with van der Waals surface area (Å²) in [5, 5.41) is 34.0. The molecule has 0 radical (unpaired) electrons. The molecule has 0 unspecified atom stereocenters. The van der Waals surface area contributed by atoms with Gasteiger partial charge in [0.15, 0.2) is 0 Å². The van der Waals surface area contributed by atoms with Crippen LogP contribution in [0.2, 0.25) is 0 Å². The van der Waals surface area contributed by atoms with Gasteiger partial charge in [0.1, 0.15) is 23.5 Å². The average Bonchev–Trinajstić information content (AvgIpc) is 3.35. The van der Waals surface area contributed by atoms with Crippen LogP contribution in [0.3, 0.4) is 0 Å². The van der Waals surface area contributed by atoms with E-state index in [4.69, 9.17) is 10.2 Å². The maximum atomic E-state index is 9.24. The Morgan fingerprint density at radius 3 is 1.45 bits per heavy atom. The van der Waals surface area contributed by atoms with Crippen molar-refractivity contribution in [1.29, 1.82) is 0 Å². The molecular weight excluding hydrogens is 563 g/mol. The van der Waals surface area contributed by atoms with Crippen molar-refractivity contribution in [3.05, 3.63) is 92.1 Å². The summed E-state index contributed by atoms with van der Waals surface area (Å²) in [6.07, 6.45) is 20.6. The van der Waals surface area contributed by atoms with Crippen LogP contribution in [0.15, 0.2) is 92.1 Å². The van der Waals surface area contributed by atoms with E-state index >= 15 is 0 Å². The van der Waals surface area contributed by atoms with E-state index in [2.05, 4.69) is 50.6 Å². The number of rotatable bonds is 10. The van der Waals surface area contributed by atoms with Gasteiger partial charge in [0.25, 0.3) is 0 Å². The van der Waals surface area contributed by atoms with Gasteiger partial charge < -0.3 is 30.0 Å². The van der Waals surface area contributed by atoms with Gasteiger partial charge in [-0.2, -0.15) is 0 Å². The fraction of sp³-hybridized carbons (Fsp3) is 0.250. The van der Waals surface area contributed by atoms with E-state index in [0.717, 1.165) is 12.8 Å². The molecule has 31 heavy (non-hydrogen) atoms. The number of carbonyl (C=O) groups is 2. The molecule has 0 aromatic carbocycles. The third-order valence-corrected chi connectivity index (χ3v) is 10.0. The second-order valence-electron chi connectivity index (χ2n) is 6.47. The van der Waals surface area contributed by atoms with Crippen molar-refractivity contribution < 1.29 is 52.9 Å². The first-order valence-corrected chi connectivity index (χ1v) is 13.2. The summed E-state index contributed by atoms with van der Waals surface area (Å²) in [6.45, 7) is 13.0. The van der Waals surface area contributed by atoms with Crippen LogP contribution in [0, 0.1) is 0 Å². The Kier molecular flexibility index (Phi) is 14.7. The predicted octanol–water partition coefficient (Wildman–Crippen LogP) is 3.05. The Bertz CT molecular complexity index is 735. The van der Waals surface area contributed by atoms with Gasteiger partial charge in [-0.15, -0.1) is 0 Å². The predicted molar refractivity (Wildman–Crippen MR) is 114 cm³/mol. The number of aliphatic hydroxyl groups excluding tert-OH is 2. The minimum atomic E-state index is -1.63. The Balaban J connectivity index is 0.000000620. The molecule has 0 spiro atoms. The van der Waals surface area contributed by atoms with Crippen molar-refractivity contribution in [2.45, 2.75) is 38.5 Å². The second kappa shape index (κ2) is 16.1. The number of hydrogen-bond donors (Lipinski definition) is 2. The molecule has 0 atom stereocenters. The van der Waals surface area contributed by atoms with Gasteiger partial charge in [0, 0.05) is 0 Å². The zero-order valence-corrected chi connectivity index (χ0v) is 21.2. The molecule has 0 aliphatic heterocycles. The molecule has 0 saturated heterocycles. The monoisotopic (exact) mass is 592 g/mol. The molecule has 0 aromatic rings. The third kappa shape index (κ3) is 12.6. The van der Waals surface area contributed by atoms with Crippen molar-refractivity contribution in [3.8, 4) is 0 Å². The van der Waals surface area contributed by atoms with Crippen molar-refractivity contribution in [2.75, 3.05) is 0 Å². The van der Waals surface area contributed by atoms with Gasteiger partial charge in [-0.1, -0.05) is 13.2 Å². The Hall–Kier alpha value is -2.67. The molecule has 2 N–H and O–H groups in total. The molecule has 2 aliphatic carbocycles. The van der Waals surface area contributed by atoms with Crippen molar-refractivity contribution in [2.24, 2.45) is 0 Å². The van der Waals surface area contributed by atoms with Crippen molar-refractivity contribution in [1.82, 2.24) is 0 Å². The van der Waals surface area contributed by atoms with Crippen LogP contribution in [-0.2, 0) is 32.5 Å². The number of aliphatic carboxylic acids is 2. The van der Waals surface area contributed by atoms with E-state index in [-0.39, 0.29) is 0 Å². The molecule has 0 amide bonds. The van der Waals surface area contributed by atoms with Crippen LogP contribution in [0.4, 0.5) is 0 Å². The molecule has 0 saturated carbocycles. The van der Waals surface area contributed by atoms with Crippen LogP contribution in [-0.4, -0.2) is 22.2 Å². The summed E-state index contributed by atoms with van der Waals surface area (Å²) in [6, 6.07) is 0. The van der Waals surface area contributed by atoms with Crippen LogP contribution in [0.25, 0.3) is 0 Å². The maximum absolute atomic E-state index is 9.24. The van der Waals surface area contributed by atoms with Gasteiger partial charge in [-0.25, -0.2) is 0 Å². The van der Waals surface area contributed by atoms with Gasteiger partial charge in [0.05, 0.1) is 0 Å². The number of carboxylic acids is 2. The van der Waals surface area contributed by atoms with Gasteiger partial charge in [-0.3, -0.25) is 0 Å². The number of carboxylic acid groups (broad SMARTS) is 2. The van der Waals surface area contributed by atoms with E-state index < -0.39 is 46.4 Å². The first-order valence-electron chi connectivity index (χ1n) is 9.58. The van der Waals surface area contributed by atoms with E-state index in [1.165, 1.54) is 25.7 Å². The fourth-order valence-electron chi connectivity index (χ4n) is 2.53. The summed E-state index contributed by atoms with van der Waals surface area (Å²) in [5.74, 6) is -5.13. The molecule has 2 rings (SSSR count). The molecule has 0 bridgehead atoms. The van der Waals surface area contributed by atoms with E-state index in [0.29, 0.717) is 0 Å². The molecule has 0 heterocycles. The summed E-state index contributed by atoms with van der Waals surface area (Å²) in [5.41, 5.74) is 3.26. The summed E-state index contributed by atoms with van der Waals surface area (Å²) in [4.78, 5) is 18.5. The molecular formula is C24H28HfO6. The van der Waals surface area contributed by atoms with Crippen molar-refractivity contribution >= 4 is 11.9 Å². The summed E-state index contributed by atoms with van der Waals surface area (Å²) < 4.78 is 3.63. The Morgan fingerprint density at radius 2 is 1.19 bits per heavy atom. The SMILES string of the molecule is C=C(O)C(=O)[O-].C=C(O)C(=O)[O-].C=CCCC1=[C]([Hf+2][C]2=C(CCC=C)C=CC2)CC=C1. The molecule has 0 aromatic heterocycles. The van der Waals surface area contributed by atoms with Crippen LogP contribution in [0.1, 0.15) is 38.5 Å². The number of carbonyl (C=O) groups excluding carboxylic acids is 2. The topological polar surface area (TPSA) is 121 Å². The first kappa shape index (κ1) is 28.3. The summed E-state index contributed by atoms with van der Waals surface area (Å²) in [7, 11) is 0. The number of aliphatic hydroxyl groups is 2. The van der Waals surface area contributed by atoms with E-state index in [1.807, 2.05) is 18.8 Å².